The normalized spacial score (nSPS) is 11.2. The SMILES string of the molecule is Cn1cc(-c2ccc3c(-c4c[nH]nc4-c4cccc(Cl)c4)ncnc3c2)cn1. The molecular weight excluding hydrogens is 372 g/mol. The summed E-state index contributed by atoms with van der Waals surface area (Å²) in [5, 5.41) is 13.2. The Labute approximate surface area is 165 Å². The zero-order chi connectivity index (χ0) is 19.1. The molecule has 0 saturated carbocycles. The fraction of sp³-hybridized carbons (Fsp3) is 0.0476. The van der Waals surface area contributed by atoms with Gasteiger partial charge in [-0.3, -0.25) is 9.78 Å². The third kappa shape index (κ3) is 2.84. The lowest BCUT2D eigenvalue weighted by atomic mass is 10.0. The molecule has 5 rings (SSSR count). The molecule has 0 amide bonds. The second-order valence-corrected chi connectivity index (χ2v) is 6.95. The number of H-pyrrole nitrogens is 1. The van der Waals surface area contributed by atoms with Gasteiger partial charge in [-0.1, -0.05) is 29.8 Å². The minimum atomic E-state index is 0.667. The first-order chi connectivity index (χ1) is 13.7. The smallest absolute Gasteiger partial charge is 0.116 e. The second-order valence-electron chi connectivity index (χ2n) is 6.51. The Morgan fingerprint density at radius 1 is 0.964 bits per heavy atom. The molecule has 3 heterocycles. The fourth-order valence-electron chi connectivity index (χ4n) is 3.35. The summed E-state index contributed by atoms with van der Waals surface area (Å²) in [6.45, 7) is 0. The van der Waals surface area contributed by atoms with Gasteiger partial charge in [-0.2, -0.15) is 10.2 Å². The Hall–Kier alpha value is -3.51. The van der Waals surface area contributed by atoms with Crippen molar-refractivity contribution in [3.8, 4) is 33.6 Å². The molecule has 2 aromatic carbocycles. The van der Waals surface area contributed by atoms with Crippen molar-refractivity contribution in [1.82, 2.24) is 29.9 Å². The highest BCUT2D eigenvalue weighted by molar-refractivity contribution is 6.30. The third-order valence-electron chi connectivity index (χ3n) is 4.67. The Kier molecular flexibility index (Phi) is 3.91. The molecular formula is C21H15ClN6. The van der Waals surface area contributed by atoms with Gasteiger partial charge in [0.05, 0.1) is 17.4 Å². The van der Waals surface area contributed by atoms with Crippen molar-refractivity contribution in [3.05, 3.63) is 72.4 Å². The molecule has 0 radical (unpaired) electrons. The van der Waals surface area contributed by atoms with Crippen LogP contribution in [0.1, 0.15) is 0 Å². The lowest BCUT2D eigenvalue weighted by Gasteiger charge is -2.07. The maximum Gasteiger partial charge on any atom is 0.116 e. The highest BCUT2D eigenvalue weighted by atomic mass is 35.5. The topological polar surface area (TPSA) is 72.3 Å². The third-order valence-corrected chi connectivity index (χ3v) is 4.90. The van der Waals surface area contributed by atoms with Crippen molar-refractivity contribution in [2.45, 2.75) is 0 Å². The van der Waals surface area contributed by atoms with Crippen LogP contribution in [0.15, 0.2) is 67.4 Å². The highest BCUT2D eigenvalue weighted by Gasteiger charge is 2.15. The molecule has 0 aliphatic carbocycles. The summed E-state index contributed by atoms with van der Waals surface area (Å²) < 4.78 is 1.79. The average molecular weight is 387 g/mol. The van der Waals surface area contributed by atoms with Gasteiger partial charge >= 0.3 is 0 Å². The van der Waals surface area contributed by atoms with E-state index in [0.29, 0.717) is 5.02 Å². The summed E-state index contributed by atoms with van der Waals surface area (Å²) in [4.78, 5) is 9.02. The molecule has 0 aliphatic heterocycles. The molecule has 0 unspecified atom stereocenters. The van der Waals surface area contributed by atoms with Crippen molar-refractivity contribution in [3.63, 3.8) is 0 Å². The van der Waals surface area contributed by atoms with E-state index >= 15 is 0 Å². The molecule has 3 aromatic heterocycles. The summed E-state index contributed by atoms with van der Waals surface area (Å²) >= 11 is 6.16. The van der Waals surface area contributed by atoms with Crippen LogP contribution in [0.25, 0.3) is 44.5 Å². The van der Waals surface area contributed by atoms with Gasteiger partial charge in [-0.05, 0) is 29.8 Å². The van der Waals surface area contributed by atoms with E-state index in [1.165, 1.54) is 0 Å². The number of nitrogens with zero attached hydrogens (tertiary/aromatic N) is 5. The predicted molar refractivity (Wildman–Crippen MR) is 110 cm³/mol. The van der Waals surface area contributed by atoms with E-state index in [0.717, 1.165) is 44.5 Å². The zero-order valence-electron chi connectivity index (χ0n) is 15.0. The standard InChI is InChI=1S/C21H15ClN6/c1-28-11-15(9-26-28)13-5-6-17-19(8-13)23-12-24-21(17)18-10-25-27-20(18)14-3-2-4-16(22)7-14/h2-12H,1H3,(H,25,27). The zero-order valence-corrected chi connectivity index (χ0v) is 15.7. The Morgan fingerprint density at radius 2 is 1.89 bits per heavy atom. The molecule has 136 valence electrons. The molecule has 0 atom stereocenters. The first kappa shape index (κ1) is 16.6. The second kappa shape index (κ2) is 6.58. The Bertz CT molecular complexity index is 1300. The molecule has 28 heavy (non-hydrogen) atoms. The van der Waals surface area contributed by atoms with Gasteiger partial charge < -0.3 is 0 Å². The van der Waals surface area contributed by atoms with E-state index in [9.17, 15) is 0 Å². The van der Waals surface area contributed by atoms with E-state index in [2.05, 4.69) is 37.4 Å². The molecule has 6 nitrogen and oxygen atoms in total. The summed E-state index contributed by atoms with van der Waals surface area (Å²) in [5.74, 6) is 0. The average Bonchev–Trinajstić information content (AvgIpc) is 3.36. The lowest BCUT2D eigenvalue weighted by Crippen LogP contribution is -1.91. The first-order valence-electron chi connectivity index (χ1n) is 8.73. The van der Waals surface area contributed by atoms with Gasteiger partial charge in [0.1, 0.15) is 12.0 Å². The van der Waals surface area contributed by atoms with Gasteiger partial charge in [-0.25, -0.2) is 9.97 Å². The van der Waals surface area contributed by atoms with Gasteiger partial charge in [0, 0.05) is 46.5 Å². The van der Waals surface area contributed by atoms with Crippen LogP contribution in [-0.4, -0.2) is 29.9 Å². The van der Waals surface area contributed by atoms with E-state index < -0.39 is 0 Å². The number of nitrogens with one attached hydrogen (secondary N) is 1. The monoisotopic (exact) mass is 386 g/mol. The molecule has 7 heteroatoms. The van der Waals surface area contributed by atoms with Crippen LogP contribution in [0, 0.1) is 0 Å². The van der Waals surface area contributed by atoms with Gasteiger partial charge in [0.15, 0.2) is 0 Å². The van der Waals surface area contributed by atoms with E-state index in [-0.39, 0.29) is 0 Å². The number of aromatic amines is 1. The summed E-state index contributed by atoms with van der Waals surface area (Å²) in [7, 11) is 1.90. The molecule has 1 N–H and O–H groups in total. The van der Waals surface area contributed by atoms with Crippen molar-refractivity contribution in [1.29, 1.82) is 0 Å². The number of benzene rings is 2. The van der Waals surface area contributed by atoms with Crippen LogP contribution >= 0.6 is 11.6 Å². The fourth-order valence-corrected chi connectivity index (χ4v) is 3.54. The van der Waals surface area contributed by atoms with E-state index in [1.807, 2.05) is 56.0 Å². The molecule has 0 bridgehead atoms. The number of aryl methyl sites for hydroxylation is 1. The summed E-state index contributed by atoms with van der Waals surface area (Å²) in [6, 6.07) is 13.8. The molecule has 0 saturated heterocycles. The maximum atomic E-state index is 6.16. The minimum absolute atomic E-state index is 0.667. The van der Waals surface area contributed by atoms with Gasteiger partial charge in [0.2, 0.25) is 0 Å². The van der Waals surface area contributed by atoms with Crippen molar-refractivity contribution >= 4 is 22.5 Å². The summed E-state index contributed by atoms with van der Waals surface area (Å²) in [5.41, 5.74) is 6.45. The predicted octanol–water partition coefficient (Wildman–Crippen LogP) is 4.74. The Balaban J connectivity index is 1.66. The maximum absolute atomic E-state index is 6.16. The molecule has 0 fully saturated rings. The molecule has 0 aliphatic rings. The van der Waals surface area contributed by atoms with E-state index in [4.69, 9.17) is 11.6 Å². The largest absolute Gasteiger partial charge is 0.284 e. The number of rotatable bonds is 3. The first-order valence-corrected chi connectivity index (χ1v) is 9.11. The van der Waals surface area contributed by atoms with Gasteiger partial charge in [-0.15, -0.1) is 0 Å². The molecule has 5 aromatic rings. The Morgan fingerprint density at radius 3 is 2.71 bits per heavy atom. The number of aromatic nitrogens is 6. The van der Waals surface area contributed by atoms with Crippen LogP contribution in [0.2, 0.25) is 5.02 Å². The number of fused-ring (bicyclic) bond motifs is 1. The van der Waals surface area contributed by atoms with Crippen molar-refractivity contribution < 1.29 is 0 Å². The molecule has 0 spiro atoms. The number of hydrogen-bond acceptors (Lipinski definition) is 4. The van der Waals surface area contributed by atoms with Crippen LogP contribution in [0.5, 0.6) is 0 Å². The van der Waals surface area contributed by atoms with Crippen LogP contribution in [-0.2, 0) is 7.05 Å². The highest BCUT2D eigenvalue weighted by Crippen LogP contribution is 2.34. The minimum Gasteiger partial charge on any atom is -0.284 e. The van der Waals surface area contributed by atoms with Crippen molar-refractivity contribution in [2.75, 3.05) is 0 Å². The van der Waals surface area contributed by atoms with Crippen LogP contribution in [0.3, 0.4) is 0 Å². The van der Waals surface area contributed by atoms with E-state index in [1.54, 1.807) is 11.0 Å². The van der Waals surface area contributed by atoms with Crippen LogP contribution < -0.4 is 0 Å². The quantitative estimate of drug-likeness (QED) is 0.486. The summed E-state index contributed by atoms with van der Waals surface area (Å²) in [6.07, 6.45) is 7.26. The number of halogens is 1. The number of hydrogen-bond donors (Lipinski definition) is 1. The van der Waals surface area contributed by atoms with Crippen LogP contribution in [0.4, 0.5) is 0 Å². The lowest BCUT2D eigenvalue weighted by molar-refractivity contribution is 0.768. The van der Waals surface area contributed by atoms with Gasteiger partial charge in [0.25, 0.3) is 0 Å². The van der Waals surface area contributed by atoms with Crippen molar-refractivity contribution in [2.24, 2.45) is 7.05 Å².